The molecule has 0 spiro atoms. The smallest absolute Gasteiger partial charge is 0.232 e. The van der Waals surface area contributed by atoms with Crippen LogP contribution in [0, 0.1) is 0 Å². The summed E-state index contributed by atoms with van der Waals surface area (Å²) in [6.07, 6.45) is 1.70. The molecule has 0 bridgehead atoms. The molecule has 0 radical (unpaired) electrons. The number of thioether (sulfide) groups is 1. The standard InChI is InChI=1S/C12H17ClN4OS/c1-18-11-10(13)6-9(7-15-11)8-16-12(14)17-2-4-19-5-3-17/h6-7H,2-5,8H2,1H3,(H2,14,16). The highest BCUT2D eigenvalue weighted by molar-refractivity contribution is 7.99. The molecule has 7 heteroatoms. The second-order valence-corrected chi connectivity index (χ2v) is 5.74. The van der Waals surface area contributed by atoms with E-state index in [9.17, 15) is 0 Å². The fourth-order valence-electron chi connectivity index (χ4n) is 1.77. The van der Waals surface area contributed by atoms with Crippen molar-refractivity contribution in [3.8, 4) is 5.88 Å². The molecule has 0 atom stereocenters. The topological polar surface area (TPSA) is 63.7 Å². The predicted octanol–water partition coefficient (Wildman–Crippen LogP) is 1.61. The van der Waals surface area contributed by atoms with Gasteiger partial charge >= 0.3 is 0 Å². The third-order valence-corrected chi connectivity index (χ3v) is 4.03. The Morgan fingerprint density at radius 3 is 2.95 bits per heavy atom. The van der Waals surface area contributed by atoms with Gasteiger partial charge in [0.05, 0.1) is 13.7 Å². The van der Waals surface area contributed by atoms with Gasteiger partial charge in [-0.05, 0) is 11.6 Å². The minimum atomic E-state index is 0.426. The summed E-state index contributed by atoms with van der Waals surface area (Å²) in [5, 5.41) is 0.489. The van der Waals surface area contributed by atoms with Gasteiger partial charge in [-0.1, -0.05) is 11.6 Å². The van der Waals surface area contributed by atoms with Crippen molar-refractivity contribution in [1.82, 2.24) is 9.88 Å². The summed E-state index contributed by atoms with van der Waals surface area (Å²) in [6.45, 7) is 2.40. The molecular weight excluding hydrogens is 284 g/mol. The van der Waals surface area contributed by atoms with E-state index in [-0.39, 0.29) is 0 Å². The average Bonchev–Trinajstić information content (AvgIpc) is 2.46. The third kappa shape index (κ3) is 3.91. The van der Waals surface area contributed by atoms with Crippen molar-refractivity contribution >= 4 is 29.3 Å². The molecular formula is C12H17ClN4OS. The zero-order valence-corrected chi connectivity index (χ0v) is 12.4. The van der Waals surface area contributed by atoms with E-state index in [1.54, 1.807) is 19.4 Å². The first-order valence-corrected chi connectivity index (χ1v) is 7.55. The van der Waals surface area contributed by atoms with Gasteiger partial charge in [0, 0.05) is 30.8 Å². The lowest BCUT2D eigenvalue weighted by atomic mass is 10.3. The van der Waals surface area contributed by atoms with Gasteiger partial charge in [-0.15, -0.1) is 0 Å². The average molecular weight is 301 g/mol. The van der Waals surface area contributed by atoms with E-state index in [0.29, 0.717) is 23.4 Å². The highest BCUT2D eigenvalue weighted by Crippen LogP contribution is 2.22. The maximum absolute atomic E-state index is 6.01. The van der Waals surface area contributed by atoms with Gasteiger partial charge in [0.25, 0.3) is 0 Å². The van der Waals surface area contributed by atoms with Crippen LogP contribution in [0.3, 0.4) is 0 Å². The number of nitrogens with two attached hydrogens (primary N) is 1. The molecule has 0 aliphatic carbocycles. The molecule has 1 aliphatic heterocycles. The van der Waals surface area contributed by atoms with Crippen LogP contribution in [0.2, 0.25) is 5.02 Å². The van der Waals surface area contributed by atoms with Gasteiger partial charge in [-0.25, -0.2) is 9.98 Å². The van der Waals surface area contributed by atoms with Crippen molar-refractivity contribution in [3.63, 3.8) is 0 Å². The monoisotopic (exact) mass is 300 g/mol. The van der Waals surface area contributed by atoms with Gasteiger partial charge in [-0.2, -0.15) is 11.8 Å². The van der Waals surface area contributed by atoms with Crippen molar-refractivity contribution in [2.75, 3.05) is 31.7 Å². The molecule has 0 aromatic carbocycles. The molecule has 1 fully saturated rings. The largest absolute Gasteiger partial charge is 0.480 e. The molecule has 0 saturated carbocycles. The Labute approximate surface area is 122 Å². The maximum Gasteiger partial charge on any atom is 0.232 e. The number of hydrogen-bond donors (Lipinski definition) is 1. The molecule has 2 N–H and O–H groups in total. The van der Waals surface area contributed by atoms with Gasteiger partial charge in [0.15, 0.2) is 5.96 Å². The number of aliphatic imine (C=N–C) groups is 1. The molecule has 19 heavy (non-hydrogen) atoms. The van der Waals surface area contributed by atoms with Gasteiger partial charge < -0.3 is 15.4 Å². The van der Waals surface area contributed by atoms with Crippen LogP contribution in [0.5, 0.6) is 5.88 Å². The maximum atomic E-state index is 6.01. The second kappa shape index (κ2) is 6.86. The van der Waals surface area contributed by atoms with E-state index >= 15 is 0 Å². The van der Waals surface area contributed by atoms with Crippen molar-refractivity contribution in [3.05, 3.63) is 22.8 Å². The normalized spacial score (nSPS) is 16.5. The van der Waals surface area contributed by atoms with E-state index in [2.05, 4.69) is 14.9 Å². The summed E-state index contributed by atoms with van der Waals surface area (Å²) in [5.41, 5.74) is 6.90. The Bertz CT molecular complexity index is 463. The molecule has 0 amide bonds. The van der Waals surface area contributed by atoms with Crippen LogP contribution in [-0.4, -0.2) is 47.5 Å². The van der Waals surface area contributed by atoms with Crippen molar-refractivity contribution in [2.45, 2.75) is 6.54 Å². The van der Waals surface area contributed by atoms with E-state index < -0.39 is 0 Å². The van der Waals surface area contributed by atoms with Crippen LogP contribution in [0.1, 0.15) is 5.56 Å². The van der Waals surface area contributed by atoms with Crippen molar-refractivity contribution in [2.24, 2.45) is 10.7 Å². The minimum absolute atomic E-state index is 0.426. The van der Waals surface area contributed by atoms with E-state index in [1.165, 1.54) is 0 Å². The van der Waals surface area contributed by atoms with E-state index in [1.807, 2.05) is 11.8 Å². The lowest BCUT2D eigenvalue weighted by Gasteiger charge is -2.27. The van der Waals surface area contributed by atoms with Crippen LogP contribution < -0.4 is 10.5 Å². The summed E-state index contributed by atoms with van der Waals surface area (Å²) >= 11 is 7.96. The summed E-state index contributed by atoms with van der Waals surface area (Å²) < 4.78 is 5.01. The molecule has 2 rings (SSSR count). The first kappa shape index (κ1) is 14.3. The highest BCUT2D eigenvalue weighted by Gasteiger charge is 2.12. The molecule has 1 saturated heterocycles. The number of ether oxygens (including phenoxy) is 1. The Kier molecular flexibility index (Phi) is 5.15. The van der Waals surface area contributed by atoms with Crippen molar-refractivity contribution < 1.29 is 4.74 Å². The van der Waals surface area contributed by atoms with E-state index in [4.69, 9.17) is 22.1 Å². The fraction of sp³-hybridized carbons (Fsp3) is 0.500. The second-order valence-electron chi connectivity index (χ2n) is 4.11. The fourth-order valence-corrected chi connectivity index (χ4v) is 2.94. The van der Waals surface area contributed by atoms with Crippen LogP contribution >= 0.6 is 23.4 Å². The zero-order valence-electron chi connectivity index (χ0n) is 10.8. The number of hydrogen-bond acceptors (Lipinski definition) is 4. The van der Waals surface area contributed by atoms with Gasteiger partial charge in [0.1, 0.15) is 5.02 Å². The number of pyridine rings is 1. The van der Waals surface area contributed by atoms with Crippen LogP contribution in [0.25, 0.3) is 0 Å². The number of guanidine groups is 1. The van der Waals surface area contributed by atoms with Crippen LogP contribution in [0.15, 0.2) is 17.3 Å². The first-order chi connectivity index (χ1) is 9.20. The Morgan fingerprint density at radius 2 is 2.32 bits per heavy atom. The summed E-state index contributed by atoms with van der Waals surface area (Å²) in [4.78, 5) is 10.6. The third-order valence-electron chi connectivity index (χ3n) is 2.82. The van der Waals surface area contributed by atoms with Crippen LogP contribution in [0.4, 0.5) is 0 Å². The number of rotatable bonds is 3. The lowest BCUT2D eigenvalue weighted by molar-refractivity contribution is 0.398. The van der Waals surface area contributed by atoms with Crippen molar-refractivity contribution in [1.29, 1.82) is 0 Å². The van der Waals surface area contributed by atoms with Crippen LogP contribution in [-0.2, 0) is 6.54 Å². The molecule has 104 valence electrons. The zero-order chi connectivity index (χ0) is 13.7. The van der Waals surface area contributed by atoms with Gasteiger partial charge in [0.2, 0.25) is 5.88 Å². The predicted molar refractivity (Wildman–Crippen MR) is 80.0 cm³/mol. The number of methoxy groups -OCH3 is 1. The molecule has 1 aromatic heterocycles. The van der Waals surface area contributed by atoms with Gasteiger partial charge in [-0.3, -0.25) is 0 Å². The summed E-state index contributed by atoms with van der Waals surface area (Å²) in [5.74, 6) is 3.22. The first-order valence-electron chi connectivity index (χ1n) is 6.01. The summed E-state index contributed by atoms with van der Waals surface area (Å²) in [6, 6.07) is 1.80. The molecule has 1 aromatic rings. The number of halogens is 1. The quantitative estimate of drug-likeness (QED) is 0.679. The highest BCUT2D eigenvalue weighted by atomic mass is 35.5. The molecule has 5 nitrogen and oxygen atoms in total. The number of nitrogens with zero attached hydrogens (tertiary/aromatic N) is 3. The minimum Gasteiger partial charge on any atom is -0.480 e. The summed E-state index contributed by atoms with van der Waals surface area (Å²) in [7, 11) is 1.54. The molecule has 1 aliphatic rings. The lowest BCUT2D eigenvalue weighted by Crippen LogP contribution is -2.42. The Balaban J connectivity index is 1.98. The molecule has 2 heterocycles. The number of aromatic nitrogens is 1. The SMILES string of the molecule is COc1ncc(CN=C(N)N2CCSCC2)cc1Cl. The Hall–Kier alpha value is -1.14. The Morgan fingerprint density at radius 1 is 1.58 bits per heavy atom. The van der Waals surface area contributed by atoms with E-state index in [0.717, 1.165) is 30.2 Å². The molecule has 0 unspecified atom stereocenters.